The van der Waals surface area contributed by atoms with Crippen LogP contribution in [0, 0.1) is 0 Å². The number of nitrogens with one attached hydrogen (secondary N) is 1. The topological polar surface area (TPSA) is 92.1 Å². The van der Waals surface area contributed by atoms with Gasteiger partial charge in [-0.05, 0) is 25.2 Å². The number of benzene rings is 1. The second-order valence-corrected chi connectivity index (χ2v) is 7.09. The summed E-state index contributed by atoms with van der Waals surface area (Å²) in [6, 6.07) is 5.50. The maximum Gasteiger partial charge on any atom is 0.148 e. The van der Waals surface area contributed by atoms with Gasteiger partial charge < -0.3 is 10.7 Å². The molecule has 1 aromatic carbocycles. The molecule has 0 saturated carbocycles. The first-order chi connectivity index (χ1) is 8.83. The number of aromatic nitrogens is 2. The van der Waals surface area contributed by atoms with E-state index in [-0.39, 0.29) is 5.75 Å². The second-order valence-electron chi connectivity index (χ2n) is 4.83. The summed E-state index contributed by atoms with van der Waals surface area (Å²) in [6.07, 6.45) is 1.24. The number of nitrogens with zero attached hydrogens (tertiary/aromatic N) is 2. The molecule has 2 rings (SSSR count). The number of nitrogen functional groups attached to an aromatic ring is 1. The van der Waals surface area contributed by atoms with E-state index >= 15 is 0 Å². The number of hydrogen-bond donors (Lipinski definition) is 2. The van der Waals surface area contributed by atoms with Crippen molar-refractivity contribution in [3.8, 4) is 0 Å². The summed E-state index contributed by atoms with van der Waals surface area (Å²) in [5.41, 5.74) is 8.15. The molecule has 0 unspecified atom stereocenters. The molecule has 0 spiro atoms. The van der Waals surface area contributed by atoms with Crippen molar-refractivity contribution >= 4 is 26.6 Å². The first-order valence-electron chi connectivity index (χ1n) is 5.94. The lowest BCUT2D eigenvalue weighted by atomic mass is 10.3. The van der Waals surface area contributed by atoms with Crippen molar-refractivity contribution in [1.29, 1.82) is 0 Å². The molecule has 1 aromatic heterocycles. The van der Waals surface area contributed by atoms with E-state index in [1.807, 2.05) is 24.1 Å². The molecule has 0 atom stereocenters. The molecule has 3 N–H and O–H groups in total. The van der Waals surface area contributed by atoms with Gasteiger partial charge in [-0.2, -0.15) is 0 Å². The van der Waals surface area contributed by atoms with E-state index in [0.29, 0.717) is 18.8 Å². The molecule has 2 aromatic rings. The van der Waals surface area contributed by atoms with E-state index in [1.54, 1.807) is 6.07 Å². The van der Waals surface area contributed by atoms with Crippen LogP contribution in [-0.2, 0) is 16.4 Å². The van der Waals surface area contributed by atoms with Crippen LogP contribution in [0.25, 0.3) is 11.0 Å². The molecule has 0 aliphatic rings. The minimum atomic E-state index is -2.93. The number of sulfone groups is 1. The Hall–Kier alpha value is -1.60. The third kappa shape index (κ3) is 3.93. The number of hydrogen-bond acceptors (Lipinski definition) is 5. The van der Waals surface area contributed by atoms with Gasteiger partial charge in [-0.25, -0.2) is 13.4 Å². The monoisotopic (exact) mass is 282 g/mol. The molecule has 0 amide bonds. The molecule has 0 fully saturated rings. The van der Waals surface area contributed by atoms with E-state index in [9.17, 15) is 8.42 Å². The van der Waals surface area contributed by atoms with Crippen molar-refractivity contribution in [1.82, 2.24) is 14.9 Å². The van der Waals surface area contributed by atoms with Gasteiger partial charge in [0, 0.05) is 18.5 Å². The van der Waals surface area contributed by atoms with Gasteiger partial charge in [0.2, 0.25) is 0 Å². The van der Waals surface area contributed by atoms with Gasteiger partial charge in [0.25, 0.3) is 0 Å². The number of H-pyrrole nitrogens is 1. The summed E-state index contributed by atoms with van der Waals surface area (Å²) >= 11 is 0. The molecule has 7 heteroatoms. The number of aromatic amines is 1. The summed E-state index contributed by atoms with van der Waals surface area (Å²) < 4.78 is 22.2. The highest BCUT2D eigenvalue weighted by Gasteiger charge is 2.09. The van der Waals surface area contributed by atoms with E-state index in [0.717, 1.165) is 16.9 Å². The lowest BCUT2D eigenvalue weighted by Gasteiger charge is -2.13. The largest absolute Gasteiger partial charge is 0.399 e. The zero-order valence-corrected chi connectivity index (χ0v) is 11.9. The van der Waals surface area contributed by atoms with Gasteiger partial charge >= 0.3 is 0 Å². The predicted octanol–water partition coefficient (Wildman–Crippen LogP) is 0.622. The zero-order valence-electron chi connectivity index (χ0n) is 11.0. The summed E-state index contributed by atoms with van der Waals surface area (Å²) in [4.78, 5) is 9.54. The zero-order chi connectivity index (χ0) is 14.0. The maximum atomic E-state index is 11.1. The summed E-state index contributed by atoms with van der Waals surface area (Å²) in [5.74, 6) is 0.952. The van der Waals surface area contributed by atoms with Gasteiger partial charge in [-0.3, -0.25) is 4.90 Å². The highest BCUT2D eigenvalue weighted by atomic mass is 32.2. The lowest BCUT2D eigenvalue weighted by molar-refractivity contribution is 0.338. The quantitative estimate of drug-likeness (QED) is 0.784. The van der Waals surface area contributed by atoms with Crippen LogP contribution in [0.2, 0.25) is 0 Å². The Morgan fingerprint density at radius 2 is 2.16 bits per heavy atom. The van der Waals surface area contributed by atoms with Crippen LogP contribution in [0.4, 0.5) is 5.69 Å². The summed E-state index contributed by atoms with van der Waals surface area (Å²) in [7, 11) is -1.06. The summed E-state index contributed by atoms with van der Waals surface area (Å²) in [5, 5.41) is 0. The normalized spacial score (nSPS) is 12.4. The van der Waals surface area contributed by atoms with Gasteiger partial charge in [0.05, 0.1) is 23.3 Å². The standard InChI is InChI=1S/C12H18N4O2S/c1-16(5-6-19(2,17)18)8-12-14-10-4-3-9(13)7-11(10)15-12/h3-4,7H,5-6,8,13H2,1-2H3,(H,14,15). The van der Waals surface area contributed by atoms with Gasteiger partial charge in [-0.1, -0.05) is 0 Å². The highest BCUT2D eigenvalue weighted by molar-refractivity contribution is 7.90. The second kappa shape index (κ2) is 5.18. The van der Waals surface area contributed by atoms with Crippen LogP contribution in [0.1, 0.15) is 5.82 Å². The average Bonchev–Trinajstić information content (AvgIpc) is 2.66. The molecule has 1 heterocycles. The minimum Gasteiger partial charge on any atom is -0.399 e. The van der Waals surface area contributed by atoms with E-state index in [4.69, 9.17) is 5.73 Å². The number of anilines is 1. The molecule has 0 radical (unpaired) electrons. The third-order valence-corrected chi connectivity index (χ3v) is 3.74. The molecular formula is C12H18N4O2S. The Balaban J connectivity index is 2.04. The van der Waals surface area contributed by atoms with Crippen LogP contribution < -0.4 is 5.73 Å². The van der Waals surface area contributed by atoms with Crippen molar-refractivity contribution < 1.29 is 8.42 Å². The minimum absolute atomic E-state index is 0.149. The SMILES string of the molecule is CN(CCS(C)(=O)=O)Cc1nc2ccc(N)cc2[nH]1. The fourth-order valence-electron chi connectivity index (χ4n) is 1.81. The molecule has 19 heavy (non-hydrogen) atoms. The highest BCUT2D eigenvalue weighted by Crippen LogP contribution is 2.15. The maximum absolute atomic E-state index is 11.1. The number of rotatable bonds is 5. The van der Waals surface area contributed by atoms with Crippen molar-refractivity contribution in [3.63, 3.8) is 0 Å². The van der Waals surface area contributed by atoms with Gasteiger partial charge in [0.15, 0.2) is 0 Å². The van der Waals surface area contributed by atoms with Crippen LogP contribution in [-0.4, -0.2) is 48.9 Å². The molecule has 0 aliphatic carbocycles. The fourth-order valence-corrected chi connectivity index (χ4v) is 2.45. The third-order valence-electron chi connectivity index (χ3n) is 2.82. The van der Waals surface area contributed by atoms with Crippen LogP contribution in [0.5, 0.6) is 0 Å². The fraction of sp³-hybridized carbons (Fsp3) is 0.417. The predicted molar refractivity (Wildman–Crippen MR) is 76.6 cm³/mol. The van der Waals surface area contributed by atoms with E-state index < -0.39 is 9.84 Å². The Labute approximate surface area is 112 Å². The van der Waals surface area contributed by atoms with Crippen LogP contribution in [0.3, 0.4) is 0 Å². The number of nitrogens with two attached hydrogens (primary N) is 1. The van der Waals surface area contributed by atoms with Gasteiger partial charge in [0.1, 0.15) is 15.7 Å². The van der Waals surface area contributed by atoms with Crippen molar-refractivity contribution in [3.05, 3.63) is 24.0 Å². The number of imidazole rings is 1. The number of fused-ring (bicyclic) bond motifs is 1. The van der Waals surface area contributed by atoms with Crippen LogP contribution in [0.15, 0.2) is 18.2 Å². The smallest absolute Gasteiger partial charge is 0.148 e. The van der Waals surface area contributed by atoms with Gasteiger partial charge in [-0.15, -0.1) is 0 Å². The van der Waals surface area contributed by atoms with E-state index in [2.05, 4.69) is 9.97 Å². The first-order valence-corrected chi connectivity index (χ1v) is 8.00. The molecule has 6 nitrogen and oxygen atoms in total. The molecular weight excluding hydrogens is 264 g/mol. The van der Waals surface area contributed by atoms with Crippen LogP contribution >= 0.6 is 0 Å². The Morgan fingerprint density at radius 1 is 1.42 bits per heavy atom. The summed E-state index contributed by atoms with van der Waals surface area (Å²) in [6.45, 7) is 1.06. The lowest BCUT2D eigenvalue weighted by Crippen LogP contribution is -2.25. The van der Waals surface area contributed by atoms with Crippen molar-refractivity contribution in [2.45, 2.75) is 6.54 Å². The average molecular weight is 282 g/mol. The first kappa shape index (κ1) is 13.8. The van der Waals surface area contributed by atoms with E-state index in [1.165, 1.54) is 6.26 Å². The molecule has 0 bridgehead atoms. The molecule has 104 valence electrons. The molecule has 0 saturated heterocycles. The Bertz CT molecular complexity index is 678. The van der Waals surface area contributed by atoms with Crippen molar-refractivity contribution in [2.24, 2.45) is 0 Å². The Morgan fingerprint density at radius 3 is 2.84 bits per heavy atom. The Kier molecular flexibility index (Phi) is 3.77. The van der Waals surface area contributed by atoms with Crippen molar-refractivity contribution in [2.75, 3.05) is 31.3 Å². The molecule has 0 aliphatic heterocycles.